The van der Waals surface area contributed by atoms with Crippen LogP contribution < -0.4 is 5.32 Å². The number of carbonyl (C=O) groups excluding carboxylic acids is 1. The maximum absolute atomic E-state index is 12.9. The Balaban J connectivity index is 1.72. The highest BCUT2D eigenvalue weighted by Gasteiger charge is 2.43. The van der Waals surface area contributed by atoms with Gasteiger partial charge in [-0.1, -0.05) is 12.5 Å². The van der Waals surface area contributed by atoms with Crippen molar-refractivity contribution in [1.29, 1.82) is 0 Å². The van der Waals surface area contributed by atoms with Crippen molar-refractivity contribution in [3.05, 3.63) is 30.5 Å². The van der Waals surface area contributed by atoms with Crippen molar-refractivity contribution in [3.8, 4) is 0 Å². The summed E-state index contributed by atoms with van der Waals surface area (Å²) in [4.78, 5) is 12.4. The highest BCUT2D eigenvalue weighted by molar-refractivity contribution is 5.95. The van der Waals surface area contributed by atoms with Crippen LogP contribution in [-0.2, 0) is 11.3 Å². The van der Waals surface area contributed by atoms with E-state index in [1.807, 2.05) is 31.3 Å². The van der Waals surface area contributed by atoms with Gasteiger partial charge in [-0.3, -0.25) is 4.79 Å². The van der Waals surface area contributed by atoms with Crippen molar-refractivity contribution in [2.24, 2.45) is 11.8 Å². The van der Waals surface area contributed by atoms with Crippen molar-refractivity contribution < 1.29 is 18.0 Å². The van der Waals surface area contributed by atoms with Crippen molar-refractivity contribution in [1.82, 2.24) is 4.57 Å². The molecule has 1 aromatic carbocycles. The smallest absolute Gasteiger partial charge is 0.348 e. The molecule has 0 unspecified atom stereocenters. The lowest BCUT2D eigenvalue weighted by atomic mass is 9.80. The summed E-state index contributed by atoms with van der Waals surface area (Å²) in [6, 6.07) is 7.58. The van der Waals surface area contributed by atoms with E-state index < -0.39 is 18.0 Å². The number of hydrogen-bond acceptors (Lipinski definition) is 1. The predicted molar refractivity (Wildman–Crippen MR) is 87.7 cm³/mol. The average Bonchev–Trinajstić information content (AvgIpc) is 2.96. The van der Waals surface area contributed by atoms with Crippen LogP contribution in [0.3, 0.4) is 0 Å². The van der Waals surface area contributed by atoms with Crippen LogP contribution in [0.1, 0.15) is 32.6 Å². The number of anilines is 1. The molecule has 1 N–H and O–H groups in total. The number of halogens is 3. The number of carbonyl (C=O) groups is 1. The molecular formula is C18H21F3N2O. The van der Waals surface area contributed by atoms with Gasteiger partial charge in [0.05, 0.1) is 11.4 Å². The molecule has 0 bridgehead atoms. The molecule has 1 heterocycles. The Hall–Kier alpha value is -1.98. The molecule has 2 atom stereocenters. The number of nitrogens with zero attached hydrogens (tertiary/aromatic N) is 1. The molecule has 3 rings (SSSR count). The van der Waals surface area contributed by atoms with Crippen LogP contribution in [-0.4, -0.2) is 16.7 Å². The number of nitrogens with one attached hydrogen (secondary N) is 1. The molecule has 0 saturated heterocycles. The Labute approximate surface area is 138 Å². The van der Waals surface area contributed by atoms with Crippen molar-refractivity contribution in [2.45, 2.75) is 45.3 Å². The molecule has 1 fully saturated rings. The number of aromatic nitrogens is 1. The van der Waals surface area contributed by atoms with Gasteiger partial charge in [-0.05, 0) is 49.8 Å². The van der Waals surface area contributed by atoms with Crippen molar-refractivity contribution in [3.63, 3.8) is 0 Å². The van der Waals surface area contributed by atoms with Gasteiger partial charge in [0.25, 0.3) is 0 Å². The first-order valence-corrected chi connectivity index (χ1v) is 8.35. The zero-order valence-corrected chi connectivity index (χ0v) is 13.6. The largest absolute Gasteiger partial charge is 0.391 e. The minimum absolute atomic E-state index is 0.108. The first-order chi connectivity index (χ1) is 11.4. The molecule has 3 nitrogen and oxygen atoms in total. The van der Waals surface area contributed by atoms with E-state index in [1.54, 1.807) is 6.07 Å². The third-order valence-corrected chi connectivity index (χ3v) is 4.89. The Kier molecular flexibility index (Phi) is 4.56. The second-order valence-electron chi connectivity index (χ2n) is 6.47. The maximum atomic E-state index is 12.9. The first-order valence-electron chi connectivity index (χ1n) is 8.35. The van der Waals surface area contributed by atoms with Gasteiger partial charge in [-0.2, -0.15) is 13.2 Å². The van der Waals surface area contributed by atoms with Crippen LogP contribution in [0.5, 0.6) is 0 Å². The number of rotatable bonds is 3. The Morgan fingerprint density at radius 3 is 2.79 bits per heavy atom. The van der Waals surface area contributed by atoms with Crippen LogP contribution in [0.25, 0.3) is 10.9 Å². The van der Waals surface area contributed by atoms with E-state index in [-0.39, 0.29) is 18.7 Å². The van der Waals surface area contributed by atoms with Gasteiger partial charge < -0.3 is 9.88 Å². The van der Waals surface area contributed by atoms with Gasteiger partial charge in [0.15, 0.2) is 0 Å². The summed E-state index contributed by atoms with van der Waals surface area (Å²) < 4.78 is 40.7. The monoisotopic (exact) mass is 338 g/mol. The van der Waals surface area contributed by atoms with Crippen LogP contribution in [0.4, 0.5) is 18.9 Å². The van der Waals surface area contributed by atoms with Gasteiger partial charge >= 0.3 is 6.18 Å². The molecule has 6 heteroatoms. The molecule has 1 aliphatic carbocycles. The summed E-state index contributed by atoms with van der Waals surface area (Å²) in [6.07, 6.45) is -1.25. The maximum Gasteiger partial charge on any atom is 0.391 e. The zero-order chi connectivity index (χ0) is 17.3. The van der Waals surface area contributed by atoms with Gasteiger partial charge in [0.2, 0.25) is 5.91 Å². The number of fused-ring (bicyclic) bond motifs is 1. The minimum atomic E-state index is -4.21. The molecule has 1 amide bonds. The van der Waals surface area contributed by atoms with Crippen LogP contribution in [0.2, 0.25) is 0 Å². The molecule has 0 radical (unpaired) electrons. The van der Waals surface area contributed by atoms with Crippen LogP contribution in [0, 0.1) is 11.8 Å². The van der Waals surface area contributed by atoms with E-state index >= 15 is 0 Å². The molecule has 0 spiro atoms. The molecule has 130 valence electrons. The third-order valence-electron chi connectivity index (χ3n) is 4.89. The molecule has 0 aliphatic heterocycles. The minimum Gasteiger partial charge on any atom is -0.348 e. The fourth-order valence-electron chi connectivity index (χ4n) is 3.51. The van der Waals surface area contributed by atoms with Crippen molar-refractivity contribution in [2.75, 3.05) is 5.32 Å². The van der Waals surface area contributed by atoms with Gasteiger partial charge in [-0.25, -0.2) is 0 Å². The summed E-state index contributed by atoms with van der Waals surface area (Å²) in [5.41, 5.74) is 1.64. The number of hydrogen-bond donors (Lipinski definition) is 1. The zero-order valence-electron chi connectivity index (χ0n) is 13.6. The molecule has 1 saturated carbocycles. The fraction of sp³-hybridized carbons (Fsp3) is 0.500. The van der Waals surface area contributed by atoms with Crippen LogP contribution >= 0.6 is 0 Å². The predicted octanol–water partition coefficient (Wildman–Crippen LogP) is 4.97. The van der Waals surface area contributed by atoms with E-state index in [1.165, 1.54) is 0 Å². The summed E-state index contributed by atoms with van der Waals surface area (Å²) in [5.74, 6) is -2.24. The van der Waals surface area contributed by atoms with Gasteiger partial charge in [-0.15, -0.1) is 0 Å². The normalized spacial score (nSPS) is 21.8. The Morgan fingerprint density at radius 1 is 1.29 bits per heavy atom. The molecule has 1 aromatic heterocycles. The Bertz CT molecular complexity index is 735. The van der Waals surface area contributed by atoms with E-state index in [4.69, 9.17) is 0 Å². The summed E-state index contributed by atoms with van der Waals surface area (Å²) in [6.45, 7) is 2.85. The van der Waals surface area contributed by atoms with Crippen molar-refractivity contribution >= 4 is 22.5 Å². The summed E-state index contributed by atoms with van der Waals surface area (Å²) in [7, 11) is 0. The highest BCUT2D eigenvalue weighted by Crippen LogP contribution is 2.40. The molecule has 1 aliphatic rings. The lowest BCUT2D eigenvalue weighted by Gasteiger charge is -2.29. The first kappa shape index (κ1) is 16.9. The SMILES string of the molecule is CCn1ccc2ccc(NC(=O)[C@H]3CCC[C@@H](C(F)(F)F)C3)cc21. The molecule has 24 heavy (non-hydrogen) atoms. The lowest BCUT2D eigenvalue weighted by Crippen LogP contribution is -2.34. The Morgan fingerprint density at radius 2 is 2.08 bits per heavy atom. The topological polar surface area (TPSA) is 34.0 Å². The second kappa shape index (κ2) is 6.49. The van der Waals surface area contributed by atoms with Crippen LogP contribution in [0.15, 0.2) is 30.5 Å². The summed E-state index contributed by atoms with van der Waals surface area (Å²) >= 11 is 0. The quantitative estimate of drug-likeness (QED) is 0.842. The van der Waals surface area contributed by atoms with Gasteiger partial charge in [0, 0.05) is 24.3 Å². The average molecular weight is 338 g/mol. The number of alkyl halides is 3. The molecular weight excluding hydrogens is 317 g/mol. The molecule has 2 aromatic rings. The lowest BCUT2D eigenvalue weighted by molar-refractivity contribution is -0.185. The highest BCUT2D eigenvalue weighted by atomic mass is 19.4. The standard InChI is InChI=1S/C18H21F3N2O/c1-2-23-9-8-12-6-7-15(11-16(12)23)22-17(24)13-4-3-5-14(10-13)18(19,20)21/h6-9,11,13-14H,2-5,10H2,1H3,(H,22,24)/t13-,14+/m0/s1. The van der Waals surface area contributed by atoms with Gasteiger partial charge in [0.1, 0.15) is 0 Å². The van der Waals surface area contributed by atoms with E-state index in [2.05, 4.69) is 9.88 Å². The van der Waals surface area contributed by atoms with E-state index in [9.17, 15) is 18.0 Å². The van der Waals surface area contributed by atoms with E-state index in [0.29, 0.717) is 18.5 Å². The van der Waals surface area contributed by atoms with E-state index in [0.717, 1.165) is 17.4 Å². The number of benzene rings is 1. The number of amides is 1. The summed E-state index contributed by atoms with van der Waals surface area (Å²) in [5, 5.41) is 3.87. The third kappa shape index (κ3) is 3.42. The second-order valence-corrected chi connectivity index (χ2v) is 6.47. The number of aryl methyl sites for hydroxylation is 1. The fourth-order valence-corrected chi connectivity index (χ4v) is 3.51.